The van der Waals surface area contributed by atoms with Crippen LogP contribution in [0.4, 0.5) is 5.69 Å². The Labute approximate surface area is 124 Å². The summed E-state index contributed by atoms with van der Waals surface area (Å²) in [6.45, 7) is 2.37. The van der Waals surface area contributed by atoms with Crippen LogP contribution in [-0.4, -0.2) is 19.6 Å². The second kappa shape index (κ2) is 7.33. The van der Waals surface area contributed by atoms with Gasteiger partial charge in [-0.2, -0.15) is 0 Å². The Morgan fingerprint density at radius 2 is 1.62 bits per heavy atom. The molecule has 1 N–H and O–H groups in total. The van der Waals surface area contributed by atoms with Crippen molar-refractivity contribution in [2.24, 2.45) is 0 Å². The van der Waals surface area contributed by atoms with Gasteiger partial charge in [-0.15, -0.1) is 0 Å². The van der Waals surface area contributed by atoms with E-state index in [1.807, 2.05) is 31.2 Å². The number of ether oxygens (including phenoxy) is 2. The fraction of sp³-hybridized carbons (Fsp3) is 0.235. The average Bonchev–Trinajstić information content (AvgIpc) is 2.50. The van der Waals surface area contributed by atoms with Gasteiger partial charge in [0.1, 0.15) is 11.5 Å². The Morgan fingerprint density at radius 1 is 1.00 bits per heavy atom. The van der Waals surface area contributed by atoms with Crippen molar-refractivity contribution in [1.82, 2.24) is 0 Å². The Morgan fingerprint density at radius 3 is 2.24 bits per heavy atom. The second-order valence-corrected chi connectivity index (χ2v) is 4.69. The highest BCUT2D eigenvalue weighted by molar-refractivity contribution is 5.90. The number of benzene rings is 2. The molecule has 110 valence electrons. The lowest BCUT2D eigenvalue weighted by atomic mass is 10.2. The summed E-state index contributed by atoms with van der Waals surface area (Å²) >= 11 is 0. The first-order valence-electron chi connectivity index (χ1n) is 6.81. The molecule has 1 amide bonds. The van der Waals surface area contributed by atoms with E-state index < -0.39 is 0 Å². The van der Waals surface area contributed by atoms with Gasteiger partial charge in [0.2, 0.25) is 5.91 Å². The van der Waals surface area contributed by atoms with Crippen molar-refractivity contribution in [1.29, 1.82) is 0 Å². The smallest absolute Gasteiger partial charge is 0.227 e. The van der Waals surface area contributed by atoms with Crippen LogP contribution in [0.15, 0.2) is 48.5 Å². The third-order valence-electron chi connectivity index (χ3n) is 2.99. The van der Waals surface area contributed by atoms with E-state index in [2.05, 4.69) is 5.32 Å². The van der Waals surface area contributed by atoms with Crippen LogP contribution in [0, 0.1) is 6.92 Å². The molecule has 2 aromatic carbocycles. The first-order chi connectivity index (χ1) is 10.2. The zero-order valence-electron chi connectivity index (χ0n) is 12.3. The molecule has 0 saturated carbocycles. The van der Waals surface area contributed by atoms with E-state index in [4.69, 9.17) is 9.47 Å². The molecule has 0 aliphatic carbocycles. The number of carbonyl (C=O) groups excluding carboxylic acids is 1. The standard InChI is InChI=1S/C17H19NO3/c1-13-3-7-16(8-4-13)21-12-11-17(19)18-14-5-9-15(20-2)10-6-14/h3-10H,11-12H2,1-2H3,(H,18,19). The molecule has 0 aromatic heterocycles. The van der Waals surface area contributed by atoms with Gasteiger partial charge in [-0.25, -0.2) is 0 Å². The number of carbonyl (C=O) groups is 1. The van der Waals surface area contributed by atoms with Crippen molar-refractivity contribution in [3.8, 4) is 11.5 Å². The quantitative estimate of drug-likeness (QED) is 0.884. The maximum atomic E-state index is 11.8. The Bertz CT molecular complexity index is 576. The van der Waals surface area contributed by atoms with E-state index in [1.54, 1.807) is 31.4 Å². The lowest BCUT2D eigenvalue weighted by molar-refractivity contribution is -0.116. The van der Waals surface area contributed by atoms with E-state index in [-0.39, 0.29) is 5.91 Å². The predicted octanol–water partition coefficient (Wildman–Crippen LogP) is 3.41. The Kier molecular flexibility index (Phi) is 5.21. The number of aryl methyl sites for hydroxylation is 1. The minimum Gasteiger partial charge on any atom is -0.497 e. The summed E-state index contributed by atoms with van der Waals surface area (Å²) in [5, 5.41) is 2.81. The first-order valence-corrected chi connectivity index (χ1v) is 6.81. The highest BCUT2D eigenvalue weighted by Crippen LogP contribution is 2.15. The summed E-state index contributed by atoms with van der Waals surface area (Å²) in [5.41, 5.74) is 1.93. The van der Waals surface area contributed by atoms with Crippen LogP contribution in [0.5, 0.6) is 11.5 Å². The highest BCUT2D eigenvalue weighted by Gasteiger charge is 2.03. The average molecular weight is 285 g/mol. The molecule has 0 aliphatic rings. The monoisotopic (exact) mass is 285 g/mol. The summed E-state index contributed by atoms with van der Waals surface area (Å²) < 4.78 is 10.6. The Hall–Kier alpha value is -2.49. The van der Waals surface area contributed by atoms with E-state index in [9.17, 15) is 4.79 Å². The van der Waals surface area contributed by atoms with E-state index in [0.29, 0.717) is 13.0 Å². The van der Waals surface area contributed by atoms with Crippen molar-refractivity contribution in [3.05, 3.63) is 54.1 Å². The normalized spacial score (nSPS) is 10.0. The number of amides is 1. The SMILES string of the molecule is COc1ccc(NC(=O)CCOc2ccc(C)cc2)cc1. The third-order valence-corrected chi connectivity index (χ3v) is 2.99. The summed E-state index contributed by atoms with van der Waals surface area (Å²) in [6.07, 6.45) is 0.305. The van der Waals surface area contributed by atoms with Crippen LogP contribution < -0.4 is 14.8 Å². The fourth-order valence-electron chi connectivity index (χ4n) is 1.79. The molecule has 0 spiro atoms. The van der Waals surface area contributed by atoms with Gasteiger partial charge in [-0.05, 0) is 43.3 Å². The maximum Gasteiger partial charge on any atom is 0.227 e. The van der Waals surface area contributed by atoms with Crippen molar-refractivity contribution in [3.63, 3.8) is 0 Å². The predicted molar refractivity (Wildman–Crippen MR) is 82.9 cm³/mol. The van der Waals surface area contributed by atoms with E-state index in [0.717, 1.165) is 17.2 Å². The van der Waals surface area contributed by atoms with Crippen LogP contribution in [-0.2, 0) is 4.79 Å². The first kappa shape index (κ1) is 14.9. The van der Waals surface area contributed by atoms with Crippen LogP contribution in [0.3, 0.4) is 0 Å². The molecule has 2 rings (SSSR count). The molecule has 0 saturated heterocycles. The van der Waals surface area contributed by atoms with Gasteiger partial charge in [-0.3, -0.25) is 4.79 Å². The topological polar surface area (TPSA) is 47.6 Å². The number of anilines is 1. The van der Waals surface area contributed by atoms with E-state index in [1.165, 1.54) is 5.56 Å². The van der Waals surface area contributed by atoms with Gasteiger partial charge < -0.3 is 14.8 Å². The van der Waals surface area contributed by atoms with Gasteiger partial charge >= 0.3 is 0 Å². The molecular weight excluding hydrogens is 266 g/mol. The molecule has 0 bridgehead atoms. The van der Waals surface area contributed by atoms with Crippen LogP contribution in [0.1, 0.15) is 12.0 Å². The largest absolute Gasteiger partial charge is 0.497 e. The minimum absolute atomic E-state index is 0.0766. The molecule has 21 heavy (non-hydrogen) atoms. The van der Waals surface area contributed by atoms with Gasteiger partial charge in [0.15, 0.2) is 0 Å². The van der Waals surface area contributed by atoms with Crippen LogP contribution in [0.25, 0.3) is 0 Å². The minimum atomic E-state index is -0.0766. The number of rotatable bonds is 6. The summed E-state index contributed by atoms with van der Waals surface area (Å²) in [7, 11) is 1.61. The maximum absolute atomic E-state index is 11.8. The zero-order chi connectivity index (χ0) is 15.1. The van der Waals surface area contributed by atoms with Crippen LogP contribution in [0.2, 0.25) is 0 Å². The fourth-order valence-corrected chi connectivity index (χ4v) is 1.79. The summed E-state index contributed by atoms with van der Waals surface area (Å²) in [5.74, 6) is 1.46. The summed E-state index contributed by atoms with van der Waals surface area (Å²) in [6, 6.07) is 15.0. The lowest BCUT2D eigenvalue weighted by Crippen LogP contribution is -2.15. The molecule has 0 aliphatic heterocycles. The molecule has 4 nitrogen and oxygen atoms in total. The van der Waals surface area contributed by atoms with Gasteiger partial charge in [0.25, 0.3) is 0 Å². The molecule has 0 unspecified atom stereocenters. The molecule has 4 heteroatoms. The number of hydrogen-bond acceptors (Lipinski definition) is 3. The van der Waals surface area contributed by atoms with Gasteiger partial charge in [0.05, 0.1) is 20.1 Å². The zero-order valence-corrected chi connectivity index (χ0v) is 12.3. The second-order valence-electron chi connectivity index (χ2n) is 4.69. The number of nitrogens with one attached hydrogen (secondary N) is 1. The number of methoxy groups -OCH3 is 1. The Balaban J connectivity index is 1.75. The van der Waals surface area contributed by atoms with Gasteiger partial charge in [0, 0.05) is 5.69 Å². The summed E-state index contributed by atoms with van der Waals surface area (Å²) in [4.78, 5) is 11.8. The van der Waals surface area contributed by atoms with Gasteiger partial charge in [-0.1, -0.05) is 17.7 Å². The molecule has 2 aromatic rings. The number of hydrogen-bond donors (Lipinski definition) is 1. The molecule has 0 radical (unpaired) electrons. The lowest BCUT2D eigenvalue weighted by Gasteiger charge is -2.08. The van der Waals surface area contributed by atoms with Crippen molar-refractivity contribution in [2.75, 3.05) is 19.0 Å². The van der Waals surface area contributed by atoms with E-state index >= 15 is 0 Å². The highest BCUT2D eigenvalue weighted by atomic mass is 16.5. The van der Waals surface area contributed by atoms with Crippen molar-refractivity contribution >= 4 is 11.6 Å². The molecule has 0 fully saturated rings. The molecule has 0 atom stereocenters. The van der Waals surface area contributed by atoms with Crippen LogP contribution >= 0.6 is 0 Å². The third kappa shape index (κ3) is 4.84. The van der Waals surface area contributed by atoms with Crippen molar-refractivity contribution < 1.29 is 14.3 Å². The van der Waals surface area contributed by atoms with Crippen molar-refractivity contribution in [2.45, 2.75) is 13.3 Å². The molecule has 0 heterocycles. The molecular formula is C17H19NO3.